The third kappa shape index (κ3) is 2.20. The van der Waals surface area contributed by atoms with Gasteiger partial charge in [-0.05, 0) is 12.8 Å². The lowest BCUT2D eigenvalue weighted by Crippen LogP contribution is -2.46. The molecule has 1 saturated heterocycles. The highest BCUT2D eigenvalue weighted by Gasteiger charge is 2.48. The van der Waals surface area contributed by atoms with Crippen LogP contribution in [0.4, 0.5) is 4.39 Å². The zero-order chi connectivity index (χ0) is 9.31. The second kappa shape index (κ2) is 3.54. The normalized spacial score (nSPS) is 30.0. The van der Waals surface area contributed by atoms with Gasteiger partial charge in [-0.3, -0.25) is 0 Å². The molecule has 13 heavy (non-hydrogen) atoms. The number of halogens is 1. The van der Waals surface area contributed by atoms with Crippen LogP contribution in [0.15, 0.2) is 0 Å². The van der Waals surface area contributed by atoms with Crippen molar-refractivity contribution in [1.82, 2.24) is 10.2 Å². The molecule has 2 aliphatic rings. The SMILES string of the molecule is CC(CN1CCNCC1)C1(F)CC1. The molecule has 2 nitrogen and oxygen atoms in total. The number of hydrogen-bond donors (Lipinski definition) is 1. The fraction of sp³-hybridized carbons (Fsp3) is 1.00. The molecular weight excluding hydrogens is 167 g/mol. The number of rotatable bonds is 3. The fourth-order valence-electron chi connectivity index (χ4n) is 2.06. The summed E-state index contributed by atoms with van der Waals surface area (Å²) in [5, 5.41) is 3.31. The monoisotopic (exact) mass is 186 g/mol. The lowest BCUT2D eigenvalue weighted by Gasteiger charge is -2.30. The smallest absolute Gasteiger partial charge is 0.115 e. The molecule has 0 amide bonds. The van der Waals surface area contributed by atoms with Gasteiger partial charge in [0.05, 0.1) is 0 Å². The van der Waals surface area contributed by atoms with E-state index in [1.807, 2.05) is 0 Å². The fourth-order valence-corrected chi connectivity index (χ4v) is 2.06. The van der Waals surface area contributed by atoms with E-state index in [9.17, 15) is 4.39 Å². The Bertz CT molecular complexity index is 174. The third-order valence-electron chi connectivity index (χ3n) is 3.35. The zero-order valence-electron chi connectivity index (χ0n) is 8.35. The Hall–Kier alpha value is -0.150. The number of piperazine rings is 1. The van der Waals surface area contributed by atoms with Crippen molar-refractivity contribution in [3.63, 3.8) is 0 Å². The minimum absolute atomic E-state index is 0.227. The van der Waals surface area contributed by atoms with E-state index in [0.29, 0.717) is 0 Å². The van der Waals surface area contributed by atoms with Crippen molar-refractivity contribution in [2.45, 2.75) is 25.4 Å². The molecule has 76 valence electrons. The predicted molar refractivity (Wildman–Crippen MR) is 51.5 cm³/mol. The van der Waals surface area contributed by atoms with Crippen LogP contribution in [0.1, 0.15) is 19.8 Å². The molecule has 1 atom stereocenters. The molecule has 0 bridgehead atoms. The van der Waals surface area contributed by atoms with Gasteiger partial charge in [0.25, 0.3) is 0 Å². The summed E-state index contributed by atoms with van der Waals surface area (Å²) < 4.78 is 13.6. The van der Waals surface area contributed by atoms with Crippen LogP contribution in [0.2, 0.25) is 0 Å². The summed E-state index contributed by atoms with van der Waals surface area (Å²) in [6.45, 7) is 7.28. The topological polar surface area (TPSA) is 15.3 Å². The van der Waals surface area contributed by atoms with Crippen LogP contribution in [0, 0.1) is 5.92 Å². The summed E-state index contributed by atoms with van der Waals surface area (Å²) in [7, 11) is 0. The molecule has 2 rings (SSSR count). The van der Waals surface area contributed by atoms with Crippen LogP contribution in [-0.4, -0.2) is 43.3 Å². The van der Waals surface area contributed by atoms with Gasteiger partial charge in [-0.15, -0.1) is 0 Å². The van der Waals surface area contributed by atoms with Crippen molar-refractivity contribution < 1.29 is 4.39 Å². The van der Waals surface area contributed by atoms with E-state index in [1.54, 1.807) is 0 Å². The highest BCUT2D eigenvalue weighted by atomic mass is 19.1. The molecule has 1 aliphatic carbocycles. The second-order valence-corrected chi connectivity index (χ2v) is 4.49. The van der Waals surface area contributed by atoms with Crippen molar-refractivity contribution in [2.75, 3.05) is 32.7 Å². The van der Waals surface area contributed by atoms with Gasteiger partial charge in [0.1, 0.15) is 5.67 Å². The molecule has 0 spiro atoms. The van der Waals surface area contributed by atoms with Crippen molar-refractivity contribution in [3.05, 3.63) is 0 Å². The Labute approximate surface area is 79.5 Å². The average molecular weight is 186 g/mol. The first-order valence-corrected chi connectivity index (χ1v) is 5.33. The lowest BCUT2D eigenvalue weighted by atomic mass is 10.0. The highest BCUT2D eigenvalue weighted by molar-refractivity contribution is 4.99. The molecule has 0 aromatic carbocycles. The summed E-state index contributed by atoms with van der Waals surface area (Å²) in [5.74, 6) is 0.227. The van der Waals surface area contributed by atoms with Crippen LogP contribution < -0.4 is 5.32 Å². The molecule has 1 unspecified atom stereocenters. The lowest BCUT2D eigenvalue weighted by molar-refractivity contribution is 0.139. The minimum Gasteiger partial charge on any atom is -0.314 e. The Morgan fingerprint density at radius 3 is 2.54 bits per heavy atom. The standard InChI is InChI=1S/C10H19FN2/c1-9(10(11)2-3-10)8-13-6-4-12-5-7-13/h9,12H,2-8H2,1H3. The van der Waals surface area contributed by atoms with Gasteiger partial charge in [-0.1, -0.05) is 6.92 Å². The van der Waals surface area contributed by atoms with E-state index >= 15 is 0 Å². The molecule has 1 N–H and O–H groups in total. The molecule has 2 fully saturated rings. The molecule has 0 aromatic heterocycles. The summed E-state index contributed by atoms with van der Waals surface area (Å²) in [6, 6.07) is 0. The van der Waals surface area contributed by atoms with Crippen LogP contribution in [-0.2, 0) is 0 Å². The number of hydrogen-bond acceptors (Lipinski definition) is 2. The molecule has 1 aliphatic heterocycles. The van der Waals surface area contributed by atoms with Crippen molar-refractivity contribution in [2.24, 2.45) is 5.92 Å². The highest BCUT2D eigenvalue weighted by Crippen LogP contribution is 2.46. The van der Waals surface area contributed by atoms with Gasteiger partial charge in [-0.25, -0.2) is 4.39 Å². The summed E-state index contributed by atoms with van der Waals surface area (Å²) >= 11 is 0. The summed E-state index contributed by atoms with van der Waals surface area (Å²) in [4.78, 5) is 2.38. The van der Waals surface area contributed by atoms with E-state index in [0.717, 1.165) is 45.6 Å². The van der Waals surface area contributed by atoms with Gasteiger partial charge in [0.2, 0.25) is 0 Å². The van der Waals surface area contributed by atoms with Gasteiger partial charge in [0, 0.05) is 38.6 Å². The van der Waals surface area contributed by atoms with Crippen LogP contribution in [0.25, 0.3) is 0 Å². The second-order valence-electron chi connectivity index (χ2n) is 4.49. The first-order valence-electron chi connectivity index (χ1n) is 5.33. The molecule has 3 heteroatoms. The number of alkyl halides is 1. The average Bonchev–Trinajstić information content (AvgIpc) is 2.87. The van der Waals surface area contributed by atoms with Gasteiger partial charge in [-0.2, -0.15) is 0 Å². The Morgan fingerprint density at radius 1 is 1.38 bits per heavy atom. The Kier molecular flexibility index (Phi) is 2.56. The molecule has 0 radical (unpaired) electrons. The predicted octanol–water partition coefficient (Wildman–Crippen LogP) is 1.03. The van der Waals surface area contributed by atoms with E-state index in [1.165, 1.54) is 0 Å². The van der Waals surface area contributed by atoms with E-state index in [-0.39, 0.29) is 5.92 Å². The minimum atomic E-state index is -0.801. The first kappa shape index (κ1) is 9.41. The molecular formula is C10H19FN2. The van der Waals surface area contributed by atoms with Crippen molar-refractivity contribution in [1.29, 1.82) is 0 Å². The maximum atomic E-state index is 13.6. The molecule has 1 heterocycles. The van der Waals surface area contributed by atoms with Crippen LogP contribution in [0.3, 0.4) is 0 Å². The summed E-state index contributed by atoms with van der Waals surface area (Å²) in [5.41, 5.74) is -0.801. The van der Waals surface area contributed by atoms with E-state index in [4.69, 9.17) is 0 Å². The Balaban J connectivity index is 1.76. The number of nitrogens with zero attached hydrogens (tertiary/aromatic N) is 1. The van der Waals surface area contributed by atoms with Crippen LogP contribution >= 0.6 is 0 Å². The first-order chi connectivity index (χ1) is 6.21. The zero-order valence-corrected chi connectivity index (χ0v) is 8.35. The molecule has 0 aromatic rings. The summed E-state index contributed by atoms with van der Waals surface area (Å²) in [6.07, 6.45) is 1.58. The maximum absolute atomic E-state index is 13.6. The van der Waals surface area contributed by atoms with Gasteiger partial charge < -0.3 is 10.2 Å². The number of nitrogens with one attached hydrogen (secondary N) is 1. The van der Waals surface area contributed by atoms with Crippen molar-refractivity contribution >= 4 is 0 Å². The largest absolute Gasteiger partial charge is 0.314 e. The van der Waals surface area contributed by atoms with Gasteiger partial charge in [0.15, 0.2) is 0 Å². The van der Waals surface area contributed by atoms with Crippen molar-refractivity contribution in [3.8, 4) is 0 Å². The third-order valence-corrected chi connectivity index (χ3v) is 3.35. The van der Waals surface area contributed by atoms with E-state index in [2.05, 4.69) is 17.1 Å². The van der Waals surface area contributed by atoms with E-state index < -0.39 is 5.67 Å². The maximum Gasteiger partial charge on any atom is 0.115 e. The quantitative estimate of drug-likeness (QED) is 0.708. The molecule has 1 saturated carbocycles. The van der Waals surface area contributed by atoms with Crippen LogP contribution in [0.5, 0.6) is 0 Å². The Morgan fingerprint density at radius 2 is 2.00 bits per heavy atom. The van der Waals surface area contributed by atoms with Gasteiger partial charge >= 0.3 is 0 Å².